The molecule has 0 spiro atoms. The molecule has 0 saturated carbocycles. The number of morpholine rings is 1. The Morgan fingerprint density at radius 3 is 2.28 bits per heavy atom. The van der Waals surface area contributed by atoms with Gasteiger partial charge in [0, 0.05) is 45.8 Å². The molecule has 25 heavy (non-hydrogen) atoms. The lowest BCUT2D eigenvalue weighted by molar-refractivity contribution is -0.136. The monoisotopic (exact) mass is 349 g/mol. The Bertz CT molecular complexity index is 552. The number of piperazine rings is 1. The Hall–Kier alpha value is -1.50. The van der Waals surface area contributed by atoms with Gasteiger partial charge in [0.05, 0.1) is 19.8 Å². The van der Waals surface area contributed by atoms with Gasteiger partial charge in [0.1, 0.15) is 5.82 Å². The zero-order chi connectivity index (χ0) is 17.6. The highest BCUT2D eigenvalue weighted by Gasteiger charge is 2.23. The van der Waals surface area contributed by atoms with Crippen molar-refractivity contribution in [3.05, 3.63) is 35.6 Å². The van der Waals surface area contributed by atoms with Gasteiger partial charge in [-0.05, 0) is 23.6 Å². The summed E-state index contributed by atoms with van der Waals surface area (Å²) in [5.41, 5.74) is 1.17. The molecular formula is C19H28FN3O2. The summed E-state index contributed by atoms with van der Waals surface area (Å²) in [6.07, 6.45) is 0. The summed E-state index contributed by atoms with van der Waals surface area (Å²) in [7, 11) is 0. The lowest BCUT2D eigenvalue weighted by Crippen LogP contribution is -2.51. The van der Waals surface area contributed by atoms with Crippen molar-refractivity contribution in [3.8, 4) is 0 Å². The van der Waals surface area contributed by atoms with E-state index in [9.17, 15) is 9.18 Å². The summed E-state index contributed by atoms with van der Waals surface area (Å²) in [6.45, 7) is 10.2. The predicted molar refractivity (Wildman–Crippen MR) is 95.1 cm³/mol. The fourth-order valence-corrected chi connectivity index (χ4v) is 3.52. The van der Waals surface area contributed by atoms with Gasteiger partial charge >= 0.3 is 0 Å². The van der Waals surface area contributed by atoms with Crippen LogP contribution in [0.4, 0.5) is 4.39 Å². The molecule has 6 heteroatoms. The third kappa shape index (κ3) is 5.23. The van der Waals surface area contributed by atoms with Crippen LogP contribution in [0.15, 0.2) is 24.3 Å². The number of carbonyl (C=O) groups excluding carboxylic acids is 1. The summed E-state index contributed by atoms with van der Waals surface area (Å²) in [5, 5.41) is 0. The van der Waals surface area contributed by atoms with E-state index in [0.717, 1.165) is 32.7 Å². The molecule has 0 aromatic heterocycles. The fourth-order valence-electron chi connectivity index (χ4n) is 3.52. The minimum absolute atomic E-state index is 0.186. The first-order chi connectivity index (χ1) is 12.1. The maximum Gasteiger partial charge on any atom is 0.236 e. The number of hydrogen-bond donors (Lipinski definition) is 0. The first kappa shape index (κ1) is 18.3. The third-order valence-electron chi connectivity index (χ3n) is 5.16. The van der Waals surface area contributed by atoms with Gasteiger partial charge in [0.2, 0.25) is 5.91 Å². The number of amides is 1. The summed E-state index contributed by atoms with van der Waals surface area (Å²) in [6, 6.07) is 6.80. The van der Waals surface area contributed by atoms with Crippen LogP contribution in [0.2, 0.25) is 0 Å². The van der Waals surface area contributed by atoms with Crippen LogP contribution >= 0.6 is 0 Å². The standard InChI is InChI=1S/C19H28FN3O2/c1-16(17-2-4-18(20)5-3-17)14-21-6-8-22(9-7-21)15-19(24)23-10-12-25-13-11-23/h2-5,16H,6-15H2,1H3/t16-/m0/s1. The molecular weight excluding hydrogens is 321 g/mol. The Morgan fingerprint density at radius 1 is 1.04 bits per heavy atom. The van der Waals surface area contributed by atoms with Crippen LogP contribution in [0, 0.1) is 5.82 Å². The van der Waals surface area contributed by atoms with Gasteiger partial charge in [-0.15, -0.1) is 0 Å². The van der Waals surface area contributed by atoms with Crippen molar-refractivity contribution >= 4 is 5.91 Å². The van der Waals surface area contributed by atoms with Crippen molar-refractivity contribution in [1.29, 1.82) is 0 Å². The van der Waals surface area contributed by atoms with Gasteiger partial charge in [-0.25, -0.2) is 4.39 Å². The second-order valence-corrected chi connectivity index (χ2v) is 7.02. The Kier molecular flexibility index (Phi) is 6.39. The second-order valence-electron chi connectivity index (χ2n) is 7.02. The molecule has 5 nitrogen and oxygen atoms in total. The van der Waals surface area contributed by atoms with Crippen molar-refractivity contribution in [3.63, 3.8) is 0 Å². The van der Waals surface area contributed by atoms with E-state index >= 15 is 0 Å². The normalized spacial score (nSPS) is 21.3. The molecule has 1 atom stereocenters. The van der Waals surface area contributed by atoms with Crippen LogP contribution in [0.1, 0.15) is 18.4 Å². The van der Waals surface area contributed by atoms with E-state index in [1.165, 1.54) is 17.7 Å². The second kappa shape index (κ2) is 8.74. The van der Waals surface area contributed by atoms with Gasteiger partial charge in [0.25, 0.3) is 0 Å². The van der Waals surface area contributed by atoms with Crippen LogP contribution in [-0.2, 0) is 9.53 Å². The first-order valence-electron chi connectivity index (χ1n) is 9.17. The highest BCUT2D eigenvalue weighted by atomic mass is 19.1. The van der Waals surface area contributed by atoms with Crippen molar-refractivity contribution in [2.75, 3.05) is 65.6 Å². The summed E-state index contributed by atoms with van der Waals surface area (Å²) in [4.78, 5) is 18.9. The van der Waals surface area contributed by atoms with Crippen molar-refractivity contribution < 1.29 is 13.9 Å². The molecule has 0 bridgehead atoms. The average molecular weight is 349 g/mol. The average Bonchev–Trinajstić information content (AvgIpc) is 2.64. The van der Waals surface area contributed by atoms with Crippen LogP contribution in [-0.4, -0.2) is 86.2 Å². The van der Waals surface area contributed by atoms with E-state index in [1.54, 1.807) is 0 Å². The molecule has 138 valence electrons. The minimum atomic E-state index is -0.186. The molecule has 0 N–H and O–H groups in total. The van der Waals surface area contributed by atoms with Crippen LogP contribution in [0.25, 0.3) is 0 Å². The number of hydrogen-bond acceptors (Lipinski definition) is 4. The topological polar surface area (TPSA) is 36.0 Å². The summed E-state index contributed by atoms with van der Waals surface area (Å²) < 4.78 is 18.3. The molecule has 1 aromatic rings. The van der Waals surface area contributed by atoms with E-state index in [-0.39, 0.29) is 11.7 Å². The SMILES string of the molecule is C[C@@H](CN1CCN(CC(=O)N2CCOCC2)CC1)c1ccc(F)cc1. The maximum atomic E-state index is 13.0. The lowest BCUT2D eigenvalue weighted by atomic mass is 10.0. The number of carbonyl (C=O) groups is 1. The van der Waals surface area contributed by atoms with Crippen LogP contribution in [0.3, 0.4) is 0 Å². The third-order valence-corrected chi connectivity index (χ3v) is 5.16. The molecule has 1 amide bonds. The molecule has 0 radical (unpaired) electrons. The van der Waals surface area contributed by atoms with Gasteiger partial charge < -0.3 is 14.5 Å². The number of halogens is 1. The predicted octanol–water partition coefficient (Wildman–Crippen LogP) is 1.41. The van der Waals surface area contributed by atoms with Crippen molar-refractivity contribution in [1.82, 2.24) is 14.7 Å². The molecule has 0 unspecified atom stereocenters. The van der Waals surface area contributed by atoms with Gasteiger partial charge in [-0.3, -0.25) is 9.69 Å². The van der Waals surface area contributed by atoms with Crippen LogP contribution in [0.5, 0.6) is 0 Å². The van der Waals surface area contributed by atoms with Gasteiger partial charge in [-0.1, -0.05) is 19.1 Å². The highest BCUT2D eigenvalue weighted by molar-refractivity contribution is 5.78. The largest absolute Gasteiger partial charge is 0.378 e. The minimum Gasteiger partial charge on any atom is -0.378 e. The molecule has 2 fully saturated rings. The quantitative estimate of drug-likeness (QED) is 0.805. The fraction of sp³-hybridized carbons (Fsp3) is 0.632. The van der Waals surface area contributed by atoms with E-state index in [0.29, 0.717) is 38.8 Å². The number of nitrogens with zero attached hydrogens (tertiary/aromatic N) is 3. The molecule has 2 aliphatic heterocycles. The Labute approximate surface area is 149 Å². The summed E-state index contributed by atoms with van der Waals surface area (Å²) >= 11 is 0. The van der Waals surface area contributed by atoms with Crippen molar-refractivity contribution in [2.24, 2.45) is 0 Å². The molecule has 2 aliphatic rings. The van der Waals surface area contributed by atoms with E-state index in [4.69, 9.17) is 4.74 Å². The molecule has 0 aliphatic carbocycles. The zero-order valence-corrected chi connectivity index (χ0v) is 15.0. The van der Waals surface area contributed by atoms with Gasteiger partial charge in [0.15, 0.2) is 0 Å². The van der Waals surface area contributed by atoms with E-state index < -0.39 is 0 Å². The Balaban J connectivity index is 1.40. The lowest BCUT2D eigenvalue weighted by Gasteiger charge is -2.37. The van der Waals surface area contributed by atoms with Gasteiger partial charge in [-0.2, -0.15) is 0 Å². The molecule has 3 rings (SSSR count). The smallest absolute Gasteiger partial charge is 0.236 e. The number of rotatable bonds is 5. The molecule has 2 heterocycles. The highest BCUT2D eigenvalue weighted by Crippen LogP contribution is 2.18. The summed E-state index contributed by atoms with van der Waals surface area (Å²) in [5.74, 6) is 0.410. The van der Waals surface area contributed by atoms with Crippen molar-refractivity contribution in [2.45, 2.75) is 12.8 Å². The zero-order valence-electron chi connectivity index (χ0n) is 15.0. The molecule has 2 saturated heterocycles. The van der Waals surface area contributed by atoms with E-state index in [1.807, 2.05) is 17.0 Å². The molecule has 1 aromatic carbocycles. The first-order valence-corrected chi connectivity index (χ1v) is 9.17. The maximum absolute atomic E-state index is 13.0. The number of ether oxygens (including phenoxy) is 1. The Morgan fingerprint density at radius 2 is 1.64 bits per heavy atom. The number of benzene rings is 1. The van der Waals surface area contributed by atoms with E-state index in [2.05, 4.69) is 16.7 Å². The van der Waals surface area contributed by atoms with Crippen LogP contribution < -0.4 is 0 Å².